The molecule has 1 atom stereocenters. The van der Waals surface area contributed by atoms with Crippen molar-refractivity contribution < 1.29 is 4.79 Å². The van der Waals surface area contributed by atoms with Crippen LogP contribution in [0.3, 0.4) is 0 Å². The van der Waals surface area contributed by atoms with Crippen molar-refractivity contribution in [3.8, 4) is 0 Å². The summed E-state index contributed by atoms with van der Waals surface area (Å²) in [5.74, 6) is -0.00413. The lowest BCUT2D eigenvalue weighted by Crippen LogP contribution is -2.37. The minimum absolute atomic E-state index is 0.00413. The fourth-order valence-corrected chi connectivity index (χ4v) is 3.60. The molecule has 0 bridgehead atoms. The number of fused-ring (bicyclic) bond motifs is 1. The van der Waals surface area contributed by atoms with E-state index in [1.54, 1.807) is 17.2 Å². The number of para-hydroxylation sites is 1. The average Bonchev–Trinajstić information content (AvgIpc) is 2.69. The Morgan fingerprint density at radius 1 is 1.11 bits per heavy atom. The van der Waals surface area contributed by atoms with Crippen LogP contribution in [0.1, 0.15) is 34.5 Å². The molecule has 1 N–H and O–H groups in total. The predicted molar refractivity (Wildman–Crippen MR) is 110 cm³/mol. The molecule has 4 rings (SSSR count). The second-order valence-electron chi connectivity index (χ2n) is 6.72. The monoisotopic (exact) mass is 377 g/mol. The summed E-state index contributed by atoms with van der Waals surface area (Å²) >= 11 is 6.06. The summed E-state index contributed by atoms with van der Waals surface area (Å²) in [5.41, 5.74) is 4.62. The minimum atomic E-state index is -0.00413. The second kappa shape index (κ2) is 7.41. The summed E-state index contributed by atoms with van der Waals surface area (Å²) in [6.45, 7) is 2.71. The molecule has 2 heterocycles. The van der Waals surface area contributed by atoms with Crippen molar-refractivity contribution in [2.24, 2.45) is 0 Å². The maximum Gasteiger partial charge on any atom is 0.258 e. The summed E-state index contributed by atoms with van der Waals surface area (Å²) in [6.07, 6.45) is 4.37. The molecular weight excluding hydrogens is 358 g/mol. The number of hydrogen-bond acceptors (Lipinski definition) is 3. The molecule has 1 aromatic heterocycles. The lowest BCUT2D eigenvalue weighted by Gasteiger charge is -2.29. The molecule has 0 saturated carbocycles. The quantitative estimate of drug-likeness (QED) is 0.687. The van der Waals surface area contributed by atoms with Crippen LogP contribution in [-0.2, 0) is 6.42 Å². The van der Waals surface area contributed by atoms with Crippen LogP contribution in [0.5, 0.6) is 0 Å². The second-order valence-corrected chi connectivity index (χ2v) is 7.15. The Kier molecular flexibility index (Phi) is 4.82. The number of halogens is 1. The fraction of sp³-hybridized carbons (Fsp3) is 0.182. The van der Waals surface area contributed by atoms with Crippen LogP contribution in [-0.4, -0.2) is 17.4 Å². The summed E-state index contributed by atoms with van der Waals surface area (Å²) in [6, 6.07) is 17.6. The number of benzene rings is 2. The Morgan fingerprint density at radius 3 is 2.74 bits per heavy atom. The smallest absolute Gasteiger partial charge is 0.258 e. The van der Waals surface area contributed by atoms with Gasteiger partial charge in [-0.2, -0.15) is 0 Å². The molecule has 0 spiro atoms. The first-order chi connectivity index (χ1) is 13.1. The standard InChI is InChI=1S/C22H20ClN3O/c1-15(25-19-5-3-2-4-6-19)17-12-20(14-24-13-17)26-10-9-16-11-18(23)7-8-21(16)22(26)27/h2-8,11-15,25H,9-10H2,1H3. The van der Waals surface area contributed by atoms with Crippen LogP contribution in [0, 0.1) is 0 Å². The summed E-state index contributed by atoms with van der Waals surface area (Å²) < 4.78 is 0. The van der Waals surface area contributed by atoms with Gasteiger partial charge in [-0.05, 0) is 60.9 Å². The Bertz CT molecular complexity index is 974. The Balaban J connectivity index is 1.57. The predicted octanol–water partition coefficient (Wildman–Crippen LogP) is 5.11. The van der Waals surface area contributed by atoms with E-state index in [1.165, 1.54) is 0 Å². The highest BCUT2D eigenvalue weighted by atomic mass is 35.5. The number of anilines is 2. The van der Waals surface area contributed by atoms with Gasteiger partial charge in [0.2, 0.25) is 0 Å². The number of nitrogens with zero attached hydrogens (tertiary/aromatic N) is 2. The maximum absolute atomic E-state index is 12.9. The minimum Gasteiger partial charge on any atom is -0.378 e. The maximum atomic E-state index is 12.9. The van der Waals surface area contributed by atoms with E-state index in [0.717, 1.165) is 28.9 Å². The molecule has 3 aromatic rings. The van der Waals surface area contributed by atoms with Gasteiger partial charge >= 0.3 is 0 Å². The Labute approximate surface area is 163 Å². The van der Waals surface area contributed by atoms with Crippen molar-refractivity contribution in [3.05, 3.63) is 88.7 Å². The molecule has 1 amide bonds. The Hall–Kier alpha value is -2.85. The van der Waals surface area contributed by atoms with Crippen LogP contribution in [0.15, 0.2) is 67.0 Å². The molecule has 0 saturated heterocycles. The largest absolute Gasteiger partial charge is 0.378 e. The first kappa shape index (κ1) is 17.6. The number of carbonyl (C=O) groups excluding carboxylic acids is 1. The van der Waals surface area contributed by atoms with Crippen LogP contribution in [0.25, 0.3) is 0 Å². The van der Waals surface area contributed by atoms with Gasteiger partial charge in [-0.1, -0.05) is 29.8 Å². The van der Waals surface area contributed by atoms with Gasteiger partial charge in [-0.25, -0.2) is 0 Å². The van der Waals surface area contributed by atoms with Crippen molar-refractivity contribution in [1.82, 2.24) is 4.98 Å². The van der Waals surface area contributed by atoms with E-state index < -0.39 is 0 Å². The molecule has 27 heavy (non-hydrogen) atoms. The highest BCUT2D eigenvalue weighted by molar-refractivity contribution is 6.30. The third-order valence-corrected chi connectivity index (χ3v) is 5.10. The molecular formula is C22H20ClN3O. The molecule has 1 unspecified atom stereocenters. The Morgan fingerprint density at radius 2 is 1.93 bits per heavy atom. The van der Waals surface area contributed by atoms with Gasteiger partial charge in [0, 0.05) is 29.0 Å². The zero-order valence-corrected chi connectivity index (χ0v) is 15.8. The number of pyridine rings is 1. The zero-order valence-electron chi connectivity index (χ0n) is 15.0. The highest BCUT2D eigenvalue weighted by Crippen LogP contribution is 2.28. The number of aromatic nitrogens is 1. The van der Waals surface area contributed by atoms with Gasteiger partial charge in [-0.3, -0.25) is 9.78 Å². The van der Waals surface area contributed by atoms with E-state index in [-0.39, 0.29) is 11.9 Å². The van der Waals surface area contributed by atoms with Gasteiger partial charge in [0.15, 0.2) is 0 Å². The van der Waals surface area contributed by atoms with Gasteiger partial charge < -0.3 is 10.2 Å². The van der Waals surface area contributed by atoms with E-state index in [2.05, 4.69) is 17.2 Å². The van der Waals surface area contributed by atoms with E-state index in [4.69, 9.17) is 11.6 Å². The number of amides is 1. The van der Waals surface area contributed by atoms with Gasteiger partial charge in [0.25, 0.3) is 5.91 Å². The van der Waals surface area contributed by atoms with E-state index in [9.17, 15) is 4.79 Å². The molecule has 0 radical (unpaired) electrons. The van der Waals surface area contributed by atoms with Gasteiger partial charge in [-0.15, -0.1) is 0 Å². The molecule has 1 aliphatic rings. The summed E-state index contributed by atoms with van der Waals surface area (Å²) in [7, 11) is 0. The van der Waals surface area contributed by atoms with Crippen molar-refractivity contribution in [2.45, 2.75) is 19.4 Å². The van der Waals surface area contributed by atoms with Gasteiger partial charge in [0.05, 0.1) is 17.9 Å². The van der Waals surface area contributed by atoms with Crippen LogP contribution >= 0.6 is 11.6 Å². The van der Waals surface area contributed by atoms with Crippen LogP contribution < -0.4 is 10.2 Å². The molecule has 0 aliphatic carbocycles. The number of rotatable bonds is 4. The summed E-state index contributed by atoms with van der Waals surface area (Å²) in [5, 5.41) is 4.13. The molecule has 5 heteroatoms. The lowest BCUT2D eigenvalue weighted by molar-refractivity contribution is 0.0980. The lowest BCUT2D eigenvalue weighted by atomic mass is 9.98. The van der Waals surface area contributed by atoms with Crippen molar-refractivity contribution in [2.75, 3.05) is 16.8 Å². The first-order valence-electron chi connectivity index (χ1n) is 8.98. The van der Waals surface area contributed by atoms with Gasteiger partial charge in [0.1, 0.15) is 0 Å². The first-order valence-corrected chi connectivity index (χ1v) is 9.36. The van der Waals surface area contributed by atoms with E-state index in [0.29, 0.717) is 17.1 Å². The SMILES string of the molecule is CC(Nc1ccccc1)c1cncc(N2CCc3cc(Cl)ccc3C2=O)c1. The summed E-state index contributed by atoms with van der Waals surface area (Å²) in [4.78, 5) is 19.1. The van der Waals surface area contributed by atoms with Crippen molar-refractivity contribution in [1.29, 1.82) is 0 Å². The van der Waals surface area contributed by atoms with Crippen LogP contribution in [0.2, 0.25) is 5.02 Å². The molecule has 4 nitrogen and oxygen atoms in total. The molecule has 2 aromatic carbocycles. The highest BCUT2D eigenvalue weighted by Gasteiger charge is 2.26. The number of nitrogens with one attached hydrogen (secondary N) is 1. The van der Waals surface area contributed by atoms with Crippen molar-refractivity contribution >= 4 is 28.9 Å². The molecule has 1 aliphatic heterocycles. The normalized spacial score (nSPS) is 14.6. The molecule has 0 fully saturated rings. The number of carbonyl (C=O) groups is 1. The average molecular weight is 378 g/mol. The van der Waals surface area contributed by atoms with Crippen LogP contribution in [0.4, 0.5) is 11.4 Å². The number of hydrogen-bond donors (Lipinski definition) is 1. The van der Waals surface area contributed by atoms with E-state index >= 15 is 0 Å². The fourth-order valence-electron chi connectivity index (χ4n) is 3.40. The third-order valence-electron chi connectivity index (χ3n) is 4.86. The molecule has 136 valence electrons. The van der Waals surface area contributed by atoms with Crippen molar-refractivity contribution in [3.63, 3.8) is 0 Å². The zero-order chi connectivity index (χ0) is 18.8. The third kappa shape index (κ3) is 3.67. The topological polar surface area (TPSA) is 45.2 Å². The van der Waals surface area contributed by atoms with E-state index in [1.807, 2.05) is 54.7 Å².